The lowest BCUT2D eigenvalue weighted by Crippen LogP contribution is -2.10. The maximum Gasteiger partial charge on any atom is 0.327 e. The summed E-state index contributed by atoms with van der Waals surface area (Å²) in [5.41, 5.74) is 0. The first kappa shape index (κ1) is 18.5. The summed E-state index contributed by atoms with van der Waals surface area (Å²) in [4.78, 5) is 0. The van der Waals surface area contributed by atoms with E-state index < -0.39 is 6.72 Å². The highest BCUT2D eigenvalue weighted by Gasteiger charge is 2.23. The highest BCUT2D eigenvalue weighted by Crippen LogP contribution is 2.51. The predicted octanol–water partition coefficient (Wildman–Crippen LogP) is 5.05. The van der Waals surface area contributed by atoms with Gasteiger partial charge in [0, 0.05) is 0 Å². The van der Waals surface area contributed by atoms with Gasteiger partial charge in [0.2, 0.25) is 0 Å². The fraction of sp³-hybridized carbons (Fsp3) is 1.00. The molecule has 0 saturated carbocycles. The SMILES string of the molecule is CCCCOP(=S)(OCCCC)OC(C)CCC. The van der Waals surface area contributed by atoms with E-state index in [0.29, 0.717) is 13.2 Å². The lowest BCUT2D eigenvalue weighted by atomic mass is 10.2. The van der Waals surface area contributed by atoms with Crippen LogP contribution in [0.25, 0.3) is 0 Å². The van der Waals surface area contributed by atoms with Crippen LogP contribution in [0.4, 0.5) is 0 Å². The van der Waals surface area contributed by atoms with E-state index in [0.717, 1.165) is 38.5 Å². The molecule has 0 aromatic carbocycles. The minimum atomic E-state index is -2.53. The predicted molar refractivity (Wildman–Crippen MR) is 81.5 cm³/mol. The Kier molecular flexibility index (Phi) is 11.7. The van der Waals surface area contributed by atoms with Crippen LogP contribution in [-0.4, -0.2) is 19.3 Å². The Morgan fingerprint density at radius 1 is 0.944 bits per heavy atom. The summed E-state index contributed by atoms with van der Waals surface area (Å²) >= 11 is 5.46. The molecule has 0 radical (unpaired) electrons. The molecule has 0 spiro atoms. The summed E-state index contributed by atoms with van der Waals surface area (Å²) in [6.07, 6.45) is 6.38. The largest absolute Gasteiger partial charge is 0.327 e. The Hall–Kier alpha value is 0.530. The van der Waals surface area contributed by atoms with Crippen LogP contribution in [0.1, 0.15) is 66.2 Å². The standard InChI is InChI=1S/C13H29O3PS/c1-5-8-11-14-17(18,15-12-9-6-2)16-13(4)10-7-3/h13H,5-12H2,1-4H3. The lowest BCUT2D eigenvalue weighted by molar-refractivity contribution is 0.116. The quantitative estimate of drug-likeness (QED) is 0.372. The van der Waals surface area contributed by atoms with E-state index in [9.17, 15) is 0 Å². The van der Waals surface area contributed by atoms with Crippen LogP contribution in [0, 0.1) is 0 Å². The molecule has 0 aliphatic rings. The summed E-state index contributed by atoms with van der Waals surface area (Å²) in [7, 11) is 0. The van der Waals surface area contributed by atoms with Gasteiger partial charge in [-0.25, -0.2) is 0 Å². The van der Waals surface area contributed by atoms with Gasteiger partial charge in [0.1, 0.15) is 0 Å². The first-order valence-electron chi connectivity index (χ1n) is 7.15. The van der Waals surface area contributed by atoms with Crippen molar-refractivity contribution in [2.45, 2.75) is 72.3 Å². The summed E-state index contributed by atoms with van der Waals surface area (Å²) < 4.78 is 17.3. The Balaban J connectivity index is 4.24. The molecule has 0 heterocycles. The average Bonchev–Trinajstić information content (AvgIpc) is 2.30. The van der Waals surface area contributed by atoms with E-state index >= 15 is 0 Å². The van der Waals surface area contributed by atoms with Gasteiger partial charge in [0.25, 0.3) is 0 Å². The van der Waals surface area contributed by atoms with E-state index in [1.54, 1.807) is 0 Å². The topological polar surface area (TPSA) is 27.7 Å². The molecule has 5 heteroatoms. The molecule has 0 saturated heterocycles. The maximum atomic E-state index is 5.85. The van der Waals surface area contributed by atoms with Crippen LogP contribution < -0.4 is 0 Å². The van der Waals surface area contributed by atoms with Crippen LogP contribution in [0.3, 0.4) is 0 Å². The minimum absolute atomic E-state index is 0.115. The van der Waals surface area contributed by atoms with Gasteiger partial charge in [-0.15, -0.1) is 0 Å². The molecule has 18 heavy (non-hydrogen) atoms. The summed E-state index contributed by atoms with van der Waals surface area (Å²) in [6.45, 7) is 7.18. The highest BCUT2D eigenvalue weighted by molar-refractivity contribution is 8.07. The van der Waals surface area contributed by atoms with Gasteiger partial charge in [0.05, 0.1) is 19.3 Å². The molecule has 110 valence electrons. The third kappa shape index (κ3) is 9.46. The Morgan fingerprint density at radius 2 is 1.44 bits per heavy atom. The first-order valence-corrected chi connectivity index (χ1v) is 9.71. The van der Waals surface area contributed by atoms with Gasteiger partial charge in [-0.3, -0.25) is 0 Å². The zero-order valence-electron chi connectivity index (χ0n) is 12.3. The van der Waals surface area contributed by atoms with Gasteiger partial charge in [-0.05, 0) is 38.0 Å². The van der Waals surface area contributed by atoms with E-state index in [1.165, 1.54) is 0 Å². The van der Waals surface area contributed by atoms with Crippen LogP contribution >= 0.6 is 6.72 Å². The molecule has 0 amide bonds. The van der Waals surface area contributed by atoms with Crippen molar-refractivity contribution in [2.24, 2.45) is 0 Å². The molecule has 0 aromatic rings. The monoisotopic (exact) mass is 296 g/mol. The molecule has 0 bridgehead atoms. The van der Waals surface area contributed by atoms with Gasteiger partial charge in [-0.2, -0.15) is 0 Å². The molecule has 0 fully saturated rings. The average molecular weight is 296 g/mol. The van der Waals surface area contributed by atoms with Crippen molar-refractivity contribution < 1.29 is 13.6 Å². The van der Waals surface area contributed by atoms with E-state index in [-0.39, 0.29) is 6.10 Å². The Bertz CT molecular complexity index is 222. The second-order valence-corrected chi connectivity index (χ2v) is 7.49. The van der Waals surface area contributed by atoms with Crippen LogP contribution in [0.2, 0.25) is 0 Å². The second kappa shape index (κ2) is 11.4. The molecule has 0 N–H and O–H groups in total. The van der Waals surface area contributed by atoms with Crippen molar-refractivity contribution >= 4 is 18.5 Å². The number of unbranched alkanes of at least 4 members (excludes halogenated alkanes) is 2. The molecule has 1 unspecified atom stereocenters. The fourth-order valence-electron chi connectivity index (χ4n) is 1.42. The van der Waals surface area contributed by atoms with Crippen LogP contribution in [0.15, 0.2) is 0 Å². The van der Waals surface area contributed by atoms with Gasteiger partial charge in [0.15, 0.2) is 0 Å². The second-order valence-electron chi connectivity index (χ2n) is 4.53. The Labute approximate surface area is 118 Å². The molecule has 0 aliphatic carbocycles. The summed E-state index contributed by atoms with van der Waals surface area (Å²) in [6, 6.07) is 0. The fourth-order valence-corrected chi connectivity index (χ4v) is 3.75. The van der Waals surface area contributed by atoms with Crippen molar-refractivity contribution in [3.63, 3.8) is 0 Å². The third-order valence-electron chi connectivity index (χ3n) is 2.50. The van der Waals surface area contributed by atoms with Crippen molar-refractivity contribution in [1.29, 1.82) is 0 Å². The first-order chi connectivity index (χ1) is 8.58. The van der Waals surface area contributed by atoms with Crippen molar-refractivity contribution in [3.05, 3.63) is 0 Å². The smallest absolute Gasteiger partial charge is 0.309 e. The molecule has 0 aliphatic heterocycles. The van der Waals surface area contributed by atoms with Gasteiger partial charge >= 0.3 is 6.72 Å². The number of rotatable bonds is 12. The zero-order chi connectivity index (χ0) is 13.9. The van der Waals surface area contributed by atoms with Crippen LogP contribution in [-0.2, 0) is 25.4 Å². The third-order valence-corrected chi connectivity index (χ3v) is 5.01. The van der Waals surface area contributed by atoms with Crippen molar-refractivity contribution in [2.75, 3.05) is 13.2 Å². The molecule has 0 rings (SSSR count). The maximum absolute atomic E-state index is 5.85. The van der Waals surface area contributed by atoms with Crippen molar-refractivity contribution in [3.8, 4) is 0 Å². The molecule has 1 atom stereocenters. The van der Waals surface area contributed by atoms with Gasteiger partial charge in [-0.1, -0.05) is 40.0 Å². The molecule has 3 nitrogen and oxygen atoms in total. The van der Waals surface area contributed by atoms with E-state index in [1.807, 2.05) is 6.92 Å². The van der Waals surface area contributed by atoms with Crippen molar-refractivity contribution in [1.82, 2.24) is 0 Å². The number of hydrogen-bond donors (Lipinski definition) is 0. The summed E-state index contributed by atoms with van der Waals surface area (Å²) in [5.74, 6) is 0. The highest BCUT2D eigenvalue weighted by atomic mass is 32.5. The Morgan fingerprint density at radius 3 is 1.83 bits per heavy atom. The normalized spacial score (nSPS) is 13.8. The van der Waals surface area contributed by atoms with Gasteiger partial charge < -0.3 is 13.6 Å². The van der Waals surface area contributed by atoms with E-state index in [2.05, 4.69) is 20.8 Å². The lowest BCUT2D eigenvalue weighted by Gasteiger charge is -2.25. The molecular weight excluding hydrogens is 267 g/mol. The number of hydrogen-bond acceptors (Lipinski definition) is 4. The molecule has 0 aromatic heterocycles. The zero-order valence-corrected chi connectivity index (χ0v) is 14.0. The summed E-state index contributed by atoms with van der Waals surface area (Å²) in [5, 5.41) is 0. The van der Waals surface area contributed by atoms with Crippen LogP contribution in [0.5, 0.6) is 0 Å². The van der Waals surface area contributed by atoms with E-state index in [4.69, 9.17) is 25.4 Å². The minimum Gasteiger partial charge on any atom is -0.309 e. The molecular formula is C13H29O3PS.